The van der Waals surface area contributed by atoms with E-state index in [1.165, 1.54) is 6.07 Å². The van der Waals surface area contributed by atoms with Crippen molar-refractivity contribution < 1.29 is 13.3 Å². The molecule has 0 saturated carbocycles. The van der Waals surface area contributed by atoms with Crippen molar-refractivity contribution in [3.05, 3.63) is 33.3 Å². The number of nitrogens with zero attached hydrogens (tertiary/aromatic N) is 2. The minimum atomic E-state index is -3.85. The molecule has 0 saturated heterocycles. The van der Waals surface area contributed by atoms with Crippen LogP contribution in [0.5, 0.6) is 0 Å². The van der Waals surface area contributed by atoms with E-state index in [0.29, 0.717) is 6.42 Å². The third kappa shape index (κ3) is 4.71. The standard InChI is InChI=1S/C11H16ClN3O4S/c1-14(2)7-3-6-13-20(18,19)11-8-9(15(16)17)4-5-10(11)12/h4-5,8,13H,3,6-7H2,1-2H3. The number of hydrogen-bond donors (Lipinski definition) is 1. The number of rotatable bonds is 7. The van der Waals surface area contributed by atoms with E-state index in [9.17, 15) is 18.5 Å². The van der Waals surface area contributed by atoms with Crippen molar-refractivity contribution in [1.29, 1.82) is 0 Å². The maximum atomic E-state index is 12.0. The molecule has 0 aliphatic heterocycles. The van der Waals surface area contributed by atoms with Crippen molar-refractivity contribution >= 4 is 27.3 Å². The van der Waals surface area contributed by atoms with Crippen molar-refractivity contribution in [2.75, 3.05) is 27.2 Å². The maximum absolute atomic E-state index is 12.0. The van der Waals surface area contributed by atoms with Gasteiger partial charge >= 0.3 is 0 Å². The van der Waals surface area contributed by atoms with Crippen LogP contribution in [-0.4, -0.2) is 45.4 Å². The predicted octanol–water partition coefficient (Wildman–Crippen LogP) is 1.48. The third-order valence-corrected chi connectivity index (χ3v) is 4.43. The minimum absolute atomic E-state index is 0.0456. The molecule has 0 bridgehead atoms. The van der Waals surface area contributed by atoms with Crippen LogP contribution >= 0.6 is 11.6 Å². The summed E-state index contributed by atoms with van der Waals surface area (Å²) in [6, 6.07) is 3.32. The van der Waals surface area contributed by atoms with Gasteiger partial charge in [0.05, 0.1) is 9.95 Å². The summed E-state index contributed by atoms with van der Waals surface area (Å²) in [7, 11) is -0.0881. The molecule has 0 fully saturated rings. The lowest BCUT2D eigenvalue weighted by Crippen LogP contribution is -2.27. The highest BCUT2D eigenvalue weighted by atomic mass is 35.5. The van der Waals surface area contributed by atoms with Gasteiger partial charge in [-0.15, -0.1) is 0 Å². The molecule has 0 aliphatic rings. The lowest BCUT2D eigenvalue weighted by Gasteiger charge is -2.11. The molecule has 0 unspecified atom stereocenters. The van der Waals surface area contributed by atoms with E-state index in [2.05, 4.69) is 4.72 Å². The molecule has 0 amide bonds. The first-order chi connectivity index (χ1) is 9.24. The van der Waals surface area contributed by atoms with Crippen LogP contribution in [-0.2, 0) is 10.0 Å². The third-order valence-electron chi connectivity index (χ3n) is 2.49. The molecular formula is C11H16ClN3O4S. The molecule has 0 heterocycles. The number of sulfonamides is 1. The second-order valence-corrected chi connectivity index (χ2v) is 6.57. The monoisotopic (exact) mass is 321 g/mol. The number of nitro groups is 1. The van der Waals surface area contributed by atoms with Gasteiger partial charge in [0.15, 0.2) is 0 Å². The summed E-state index contributed by atoms with van der Waals surface area (Å²) in [5.74, 6) is 0. The quantitative estimate of drug-likeness (QED) is 0.466. The van der Waals surface area contributed by atoms with Gasteiger partial charge in [-0.2, -0.15) is 0 Å². The lowest BCUT2D eigenvalue weighted by atomic mass is 10.3. The smallest absolute Gasteiger partial charge is 0.270 e. The Morgan fingerprint density at radius 1 is 1.40 bits per heavy atom. The molecule has 0 atom stereocenters. The Morgan fingerprint density at radius 3 is 2.60 bits per heavy atom. The molecule has 7 nitrogen and oxygen atoms in total. The van der Waals surface area contributed by atoms with Gasteiger partial charge in [-0.3, -0.25) is 10.1 Å². The zero-order chi connectivity index (χ0) is 15.3. The Morgan fingerprint density at radius 2 is 2.05 bits per heavy atom. The fraction of sp³-hybridized carbons (Fsp3) is 0.455. The minimum Gasteiger partial charge on any atom is -0.309 e. The van der Waals surface area contributed by atoms with Crippen LogP contribution in [0.25, 0.3) is 0 Å². The van der Waals surface area contributed by atoms with Crippen molar-refractivity contribution in [2.45, 2.75) is 11.3 Å². The number of halogens is 1. The molecule has 1 aromatic carbocycles. The van der Waals surface area contributed by atoms with E-state index >= 15 is 0 Å². The van der Waals surface area contributed by atoms with E-state index in [1.807, 2.05) is 19.0 Å². The number of non-ortho nitro benzene ring substituents is 1. The van der Waals surface area contributed by atoms with Crippen molar-refractivity contribution in [1.82, 2.24) is 9.62 Å². The fourth-order valence-electron chi connectivity index (χ4n) is 1.49. The summed E-state index contributed by atoms with van der Waals surface area (Å²) in [6.07, 6.45) is 0.624. The molecule has 1 aromatic rings. The van der Waals surface area contributed by atoms with E-state index in [-0.39, 0.29) is 22.2 Å². The molecule has 0 spiro atoms. The van der Waals surface area contributed by atoms with Crippen LogP contribution in [0.4, 0.5) is 5.69 Å². The summed E-state index contributed by atoms with van der Waals surface area (Å²) in [5, 5.41) is 10.6. The van der Waals surface area contributed by atoms with Crippen molar-refractivity contribution in [3.63, 3.8) is 0 Å². The number of hydrogen-bond acceptors (Lipinski definition) is 5. The van der Waals surface area contributed by atoms with Gasteiger partial charge in [0.25, 0.3) is 5.69 Å². The van der Waals surface area contributed by atoms with Crippen LogP contribution in [0, 0.1) is 10.1 Å². The average Bonchev–Trinajstić information content (AvgIpc) is 2.34. The molecule has 0 aliphatic carbocycles. The Labute approximate surface area is 122 Å². The molecule has 0 radical (unpaired) electrons. The van der Waals surface area contributed by atoms with E-state index in [4.69, 9.17) is 11.6 Å². The average molecular weight is 322 g/mol. The van der Waals surface area contributed by atoms with Crippen LogP contribution in [0.15, 0.2) is 23.1 Å². The second-order valence-electron chi connectivity index (χ2n) is 4.43. The van der Waals surface area contributed by atoms with Crippen LogP contribution in [0.1, 0.15) is 6.42 Å². The highest BCUT2D eigenvalue weighted by molar-refractivity contribution is 7.89. The highest BCUT2D eigenvalue weighted by Gasteiger charge is 2.21. The summed E-state index contributed by atoms with van der Waals surface area (Å²) >= 11 is 5.80. The van der Waals surface area contributed by atoms with E-state index in [0.717, 1.165) is 18.7 Å². The summed E-state index contributed by atoms with van der Waals surface area (Å²) in [4.78, 5) is 11.6. The SMILES string of the molecule is CN(C)CCCNS(=O)(=O)c1cc([N+](=O)[O-])ccc1Cl. The summed E-state index contributed by atoms with van der Waals surface area (Å²) in [5.41, 5.74) is -0.317. The zero-order valence-electron chi connectivity index (χ0n) is 11.2. The largest absolute Gasteiger partial charge is 0.309 e. The van der Waals surface area contributed by atoms with Crippen LogP contribution in [0.2, 0.25) is 5.02 Å². The lowest BCUT2D eigenvalue weighted by molar-refractivity contribution is -0.385. The molecule has 1 rings (SSSR count). The maximum Gasteiger partial charge on any atom is 0.270 e. The van der Waals surface area contributed by atoms with Gasteiger partial charge in [0, 0.05) is 18.7 Å². The molecule has 112 valence electrons. The zero-order valence-corrected chi connectivity index (χ0v) is 12.7. The highest BCUT2D eigenvalue weighted by Crippen LogP contribution is 2.25. The molecule has 0 aromatic heterocycles. The Balaban J connectivity index is 2.86. The molecular weight excluding hydrogens is 306 g/mol. The molecule has 9 heteroatoms. The summed E-state index contributed by atoms with van der Waals surface area (Å²) in [6.45, 7) is 0.963. The number of nitro benzene ring substituents is 1. The van der Waals surface area contributed by atoms with Gasteiger partial charge in [-0.1, -0.05) is 11.6 Å². The van der Waals surface area contributed by atoms with Crippen molar-refractivity contribution in [2.24, 2.45) is 0 Å². The molecule has 20 heavy (non-hydrogen) atoms. The first-order valence-corrected chi connectivity index (χ1v) is 7.68. The topological polar surface area (TPSA) is 92.6 Å². The normalized spacial score (nSPS) is 11.8. The Hall–Kier alpha value is -1.22. The van der Waals surface area contributed by atoms with Gasteiger partial charge in [0.1, 0.15) is 4.90 Å². The number of nitrogens with one attached hydrogen (secondary N) is 1. The van der Waals surface area contributed by atoms with Crippen molar-refractivity contribution in [3.8, 4) is 0 Å². The Bertz CT molecular complexity index is 589. The number of benzene rings is 1. The molecule has 1 N–H and O–H groups in total. The van der Waals surface area contributed by atoms with E-state index in [1.54, 1.807) is 0 Å². The van der Waals surface area contributed by atoms with Crippen LogP contribution in [0.3, 0.4) is 0 Å². The van der Waals surface area contributed by atoms with Gasteiger partial charge < -0.3 is 4.90 Å². The first-order valence-electron chi connectivity index (χ1n) is 5.82. The summed E-state index contributed by atoms with van der Waals surface area (Å²) < 4.78 is 26.5. The predicted molar refractivity (Wildman–Crippen MR) is 76.5 cm³/mol. The van der Waals surface area contributed by atoms with Crippen LogP contribution < -0.4 is 4.72 Å². The van der Waals surface area contributed by atoms with Gasteiger partial charge in [-0.25, -0.2) is 13.1 Å². The first kappa shape index (κ1) is 16.8. The second kappa shape index (κ2) is 6.98. The fourth-order valence-corrected chi connectivity index (χ4v) is 3.08. The Kier molecular flexibility index (Phi) is 5.88. The van der Waals surface area contributed by atoms with E-state index < -0.39 is 14.9 Å². The van der Waals surface area contributed by atoms with Gasteiger partial charge in [0.2, 0.25) is 10.0 Å². The van der Waals surface area contributed by atoms with Gasteiger partial charge in [-0.05, 0) is 33.1 Å².